The van der Waals surface area contributed by atoms with Gasteiger partial charge in [-0.15, -0.1) is 0 Å². The minimum absolute atomic E-state index is 0.260. The maximum atomic E-state index is 5.96. The van der Waals surface area contributed by atoms with Crippen molar-refractivity contribution >= 4 is 35.4 Å². The third-order valence-electron chi connectivity index (χ3n) is 3.97. The summed E-state index contributed by atoms with van der Waals surface area (Å²) in [5.41, 5.74) is 6.09. The molecule has 0 spiro atoms. The zero-order valence-corrected chi connectivity index (χ0v) is 17.0. The fourth-order valence-corrected chi connectivity index (χ4v) is 2.79. The third-order valence-corrected chi connectivity index (χ3v) is 4.22. The van der Waals surface area contributed by atoms with Crippen LogP contribution in [0.4, 0.5) is 17.6 Å². The molecule has 0 aliphatic heterocycles. The largest absolute Gasteiger partial charge is 0.324 e. The van der Waals surface area contributed by atoms with Crippen molar-refractivity contribution in [1.82, 2.24) is 29.7 Å². The van der Waals surface area contributed by atoms with Gasteiger partial charge in [-0.2, -0.15) is 25.2 Å². The first-order valence-electron chi connectivity index (χ1n) is 9.09. The van der Waals surface area contributed by atoms with E-state index in [4.69, 9.17) is 11.6 Å². The predicted octanol–water partition coefficient (Wildman–Crippen LogP) is 3.91. The van der Waals surface area contributed by atoms with E-state index < -0.39 is 0 Å². The van der Waals surface area contributed by atoms with Gasteiger partial charge in [0.05, 0.1) is 17.6 Å². The summed E-state index contributed by atoms with van der Waals surface area (Å²) in [6.07, 6.45) is 3.28. The highest BCUT2D eigenvalue weighted by atomic mass is 35.5. The number of aryl methyl sites for hydroxylation is 2. The SMILES string of the molecule is Cc1cc(C)n(-c2nc(N/N=C\c3ccccn3)nc(Nc3ccc(Cl)cc3)n2)n1. The van der Waals surface area contributed by atoms with Crippen LogP contribution in [0, 0.1) is 13.8 Å². The zero-order chi connectivity index (χ0) is 20.9. The first kappa shape index (κ1) is 19.5. The van der Waals surface area contributed by atoms with Crippen molar-refractivity contribution in [3.05, 3.63) is 76.8 Å². The zero-order valence-electron chi connectivity index (χ0n) is 16.3. The molecule has 30 heavy (non-hydrogen) atoms. The highest BCUT2D eigenvalue weighted by Crippen LogP contribution is 2.19. The molecule has 4 aromatic rings. The van der Waals surface area contributed by atoms with Crippen LogP contribution >= 0.6 is 11.6 Å². The standard InChI is InChI=1S/C20H18ClN9/c1-13-11-14(2)30(29-13)20-26-18(24-16-8-6-15(21)7-9-16)25-19(27-20)28-23-12-17-5-3-4-10-22-17/h3-12H,1-2H3,(H2,24,25,26,27,28)/b23-12-. The Labute approximate surface area is 177 Å². The minimum atomic E-state index is 0.260. The van der Waals surface area contributed by atoms with Crippen LogP contribution in [0.25, 0.3) is 5.95 Å². The van der Waals surface area contributed by atoms with E-state index in [-0.39, 0.29) is 5.95 Å². The number of halogens is 1. The van der Waals surface area contributed by atoms with E-state index in [0.29, 0.717) is 22.6 Å². The number of aromatic nitrogens is 6. The van der Waals surface area contributed by atoms with E-state index in [1.54, 1.807) is 29.2 Å². The molecule has 0 saturated heterocycles. The van der Waals surface area contributed by atoms with E-state index in [2.05, 4.69) is 40.9 Å². The highest BCUT2D eigenvalue weighted by Gasteiger charge is 2.12. The summed E-state index contributed by atoms with van der Waals surface area (Å²) in [7, 11) is 0. The average molecular weight is 420 g/mol. The first-order valence-corrected chi connectivity index (χ1v) is 9.47. The van der Waals surface area contributed by atoms with Gasteiger partial charge in [0.1, 0.15) is 0 Å². The molecule has 0 bridgehead atoms. The molecule has 1 aromatic carbocycles. The van der Waals surface area contributed by atoms with Crippen molar-refractivity contribution in [3.8, 4) is 5.95 Å². The van der Waals surface area contributed by atoms with Crippen LogP contribution in [-0.2, 0) is 0 Å². The topological polar surface area (TPSA) is 106 Å². The molecule has 0 atom stereocenters. The van der Waals surface area contributed by atoms with Crippen molar-refractivity contribution in [2.45, 2.75) is 13.8 Å². The Kier molecular flexibility index (Phi) is 5.62. The van der Waals surface area contributed by atoms with E-state index in [1.165, 1.54) is 0 Å². The summed E-state index contributed by atoms with van der Waals surface area (Å²) < 4.78 is 1.65. The van der Waals surface area contributed by atoms with E-state index in [0.717, 1.165) is 17.1 Å². The molecule has 3 aromatic heterocycles. The molecule has 0 fully saturated rings. The van der Waals surface area contributed by atoms with Gasteiger partial charge in [-0.05, 0) is 56.3 Å². The Morgan fingerprint density at radius 1 is 1.00 bits per heavy atom. The van der Waals surface area contributed by atoms with Crippen LogP contribution in [0.2, 0.25) is 5.02 Å². The summed E-state index contributed by atoms with van der Waals surface area (Å²) in [6, 6.07) is 14.7. The van der Waals surface area contributed by atoms with Gasteiger partial charge in [-0.3, -0.25) is 4.98 Å². The molecule has 0 aliphatic carbocycles. The van der Waals surface area contributed by atoms with Crippen molar-refractivity contribution < 1.29 is 0 Å². The lowest BCUT2D eigenvalue weighted by Gasteiger charge is -2.09. The lowest BCUT2D eigenvalue weighted by molar-refractivity contribution is 0.767. The second-order valence-electron chi connectivity index (χ2n) is 6.38. The summed E-state index contributed by atoms with van der Waals surface area (Å²) in [5.74, 6) is 0.962. The van der Waals surface area contributed by atoms with E-state index >= 15 is 0 Å². The fraction of sp³-hybridized carbons (Fsp3) is 0.100. The molecule has 2 N–H and O–H groups in total. The fourth-order valence-electron chi connectivity index (χ4n) is 2.67. The number of hydrogen-bond acceptors (Lipinski definition) is 8. The Morgan fingerprint density at radius 2 is 1.80 bits per heavy atom. The molecule has 0 saturated carbocycles. The first-order chi connectivity index (χ1) is 14.6. The van der Waals surface area contributed by atoms with Crippen LogP contribution in [0.3, 0.4) is 0 Å². The summed E-state index contributed by atoms with van der Waals surface area (Å²) in [6.45, 7) is 3.84. The molecule has 9 nitrogen and oxygen atoms in total. The number of nitrogens with one attached hydrogen (secondary N) is 2. The Morgan fingerprint density at radius 3 is 2.50 bits per heavy atom. The van der Waals surface area contributed by atoms with Crippen LogP contribution in [0.1, 0.15) is 17.1 Å². The average Bonchev–Trinajstić information content (AvgIpc) is 3.08. The van der Waals surface area contributed by atoms with Gasteiger partial charge in [-0.25, -0.2) is 10.1 Å². The van der Waals surface area contributed by atoms with E-state index in [9.17, 15) is 0 Å². The quantitative estimate of drug-likeness (QED) is 0.360. The predicted molar refractivity (Wildman–Crippen MR) is 117 cm³/mol. The lowest BCUT2D eigenvalue weighted by Crippen LogP contribution is -2.11. The normalized spacial score (nSPS) is 11.0. The van der Waals surface area contributed by atoms with Crippen molar-refractivity contribution in [2.24, 2.45) is 5.10 Å². The smallest absolute Gasteiger partial charge is 0.257 e. The molecule has 0 unspecified atom stereocenters. The highest BCUT2D eigenvalue weighted by molar-refractivity contribution is 6.30. The molecule has 10 heteroatoms. The van der Waals surface area contributed by atoms with Crippen LogP contribution in [0.5, 0.6) is 0 Å². The maximum Gasteiger partial charge on any atom is 0.257 e. The minimum Gasteiger partial charge on any atom is -0.324 e. The summed E-state index contributed by atoms with van der Waals surface area (Å²) in [4.78, 5) is 17.5. The number of hydrazone groups is 1. The monoisotopic (exact) mass is 419 g/mol. The second-order valence-corrected chi connectivity index (χ2v) is 6.81. The van der Waals surface area contributed by atoms with Crippen molar-refractivity contribution in [1.29, 1.82) is 0 Å². The Hall–Kier alpha value is -3.85. The molecular weight excluding hydrogens is 402 g/mol. The Bertz CT molecular complexity index is 1170. The molecule has 0 radical (unpaired) electrons. The van der Waals surface area contributed by atoms with Gasteiger partial charge in [0.15, 0.2) is 0 Å². The number of hydrogen-bond donors (Lipinski definition) is 2. The Balaban J connectivity index is 1.65. The molecular formula is C20H18ClN9. The van der Waals surface area contributed by atoms with Crippen molar-refractivity contribution in [2.75, 3.05) is 10.7 Å². The number of rotatable bonds is 6. The summed E-state index contributed by atoms with van der Waals surface area (Å²) in [5, 5.41) is 12.4. The van der Waals surface area contributed by atoms with Gasteiger partial charge in [0.2, 0.25) is 11.9 Å². The van der Waals surface area contributed by atoms with Crippen molar-refractivity contribution in [3.63, 3.8) is 0 Å². The number of anilines is 3. The maximum absolute atomic E-state index is 5.96. The lowest BCUT2D eigenvalue weighted by atomic mass is 10.3. The van der Waals surface area contributed by atoms with Gasteiger partial charge in [0.25, 0.3) is 5.95 Å². The number of nitrogens with zero attached hydrogens (tertiary/aromatic N) is 7. The van der Waals surface area contributed by atoms with E-state index in [1.807, 2.05) is 50.2 Å². The molecule has 0 amide bonds. The van der Waals surface area contributed by atoms with Crippen LogP contribution in [-0.4, -0.2) is 35.9 Å². The third kappa shape index (κ3) is 4.76. The second kappa shape index (κ2) is 8.66. The number of benzene rings is 1. The molecule has 4 rings (SSSR count). The molecule has 150 valence electrons. The van der Waals surface area contributed by atoms with Crippen LogP contribution in [0.15, 0.2) is 59.8 Å². The van der Waals surface area contributed by atoms with Crippen LogP contribution < -0.4 is 10.7 Å². The molecule has 0 aliphatic rings. The van der Waals surface area contributed by atoms with Gasteiger partial charge in [0, 0.05) is 22.6 Å². The van der Waals surface area contributed by atoms with Gasteiger partial charge >= 0.3 is 0 Å². The summed E-state index contributed by atoms with van der Waals surface area (Å²) >= 11 is 5.96. The molecule has 3 heterocycles. The van der Waals surface area contributed by atoms with Gasteiger partial charge < -0.3 is 5.32 Å². The number of pyridine rings is 1. The van der Waals surface area contributed by atoms with Gasteiger partial charge in [-0.1, -0.05) is 17.7 Å².